The van der Waals surface area contributed by atoms with Crippen molar-refractivity contribution in [3.8, 4) is 0 Å². The molecule has 2 aromatic rings. The molecule has 0 aliphatic heterocycles. The van der Waals surface area contributed by atoms with Crippen LogP contribution in [-0.4, -0.2) is 24.5 Å². The van der Waals surface area contributed by atoms with Crippen molar-refractivity contribution in [2.45, 2.75) is 45.6 Å². The van der Waals surface area contributed by atoms with Crippen molar-refractivity contribution in [2.75, 3.05) is 6.61 Å². The van der Waals surface area contributed by atoms with Gasteiger partial charge in [0.25, 0.3) is 5.91 Å². The fraction of sp³-hybridized carbons (Fsp3) is 0.364. The molecule has 1 atom stereocenters. The number of carbonyl (C=O) groups excluding carboxylic acids is 2. The zero-order chi connectivity index (χ0) is 19.2. The van der Waals surface area contributed by atoms with Crippen LogP contribution in [0, 0.1) is 0 Å². The molecule has 1 amide bonds. The summed E-state index contributed by atoms with van der Waals surface area (Å²) in [5.74, 6) is -0.699. The molecule has 0 spiro atoms. The third-order valence-electron chi connectivity index (χ3n) is 4.17. The van der Waals surface area contributed by atoms with E-state index in [4.69, 9.17) is 4.74 Å². The number of esters is 1. The molecule has 0 aliphatic carbocycles. The first kappa shape index (κ1) is 19.7. The van der Waals surface area contributed by atoms with Gasteiger partial charge >= 0.3 is 5.97 Å². The van der Waals surface area contributed by atoms with Crippen LogP contribution < -0.4 is 5.32 Å². The van der Waals surface area contributed by atoms with Crippen LogP contribution in [0.3, 0.4) is 0 Å². The number of amides is 1. The van der Waals surface area contributed by atoms with Gasteiger partial charge in [-0.3, -0.25) is 4.79 Å². The first-order valence-electron chi connectivity index (χ1n) is 8.93. The van der Waals surface area contributed by atoms with Crippen molar-refractivity contribution in [3.63, 3.8) is 0 Å². The van der Waals surface area contributed by atoms with Gasteiger partial charge in [-0.15, -0.1) is 0 Å². The molecular weight excluding hydrogens is 326 g/mol. The minimum Gasteiger partial charge on any atom is -0.464 e. The zero-order valence-electron chi connectivity index (χ0n) is 15.9. The van der Waals surface area contributed by atoms with Crippen LogP contribution in [0.25, 0.3) is 0 Å². The molecule has 26 heavy (non-hydrogen) atoms. The van der Waals surface area contributed by atoms with Crippen LogP contribution in [0.4, 0.5) is 0 Å². The van der Waals surface area contributed by atoms with Crippen LogP contribution in [0.2, 0.25) is 0 Å². The molecular formula is C22H27NO3. The van der Waals surface area contributed by atoms with Crippen LogP contribution in [0.15, 0.2) is 54.6 Å². The Balaban J connectivity index is 2.13. The summed E-state index contributed by atoms with van der Waals surface area (Å²) in [6, 6.07) is 16.4. The van der Waals surface area contributed by atoms with E-state index in [1.807, 2.05) is 42.5 Å². The molecule has 0 bridgehead atoms. The lowest BCUT2D eigenvalue weighted by molar-refractivity contribution is -0.145. The number of ether oxygens (including phenoxy) is 1. The van der Waals surface area contributed by atoms with Crippen LogP contribution in [-0.2, 0) is 21.4 Å². The van der Waals surface area contributed by atoms with Crippen molar-refractivity contribution >= 4 is 11.9 Å². The molecule has 0 saturated heterocycles. The number of hydrogen-bond donors (Lipinski definition) is 1. The second kappa shape index (κ2) is 8.65. The van der Waals surface area contributed by atoms with E-state index in [0.29, 0.717) is 12.0 Å². The smallest absolute Gasteiger partial charge is 0.328 e. The minimum atomic E-state index is -0.716. The van der Waals surface area contributed by atoms with E-state index in [2.05, 4.69) is 26.1 Å². The Morgan fingerprint density at radius 2 is 1.62 bits per heavy atom. The van der Waals surface area contributed by atoms with Gasteiger partial charge in [-0.25, -0.2) is 4.79 Å². The van der Waals surface area contributed by atoms with Crippen LogP contribution in [0.5, 0.6) is 0 Å². The zero-order valence-corrected chi connectivity index (χ0v) is 15.9. The fourth-order valence-electron chi connectivity index (χ4n) is 2.65. The lowest BCUT2D eigenvalue weighted by Gasteiger charge is -2.20. The molecule has 0 fully saturated rings. The second-order valence-electron chi connectivity index (χ2n) is 7.30. The van der Waals surface area contributed by atoms with Crippen LogP contribution in [0.1, 0.15) is 49.2 Å². The van der Waals surface area contributed by atoms with Gasteiger partial charge in [-0.2, -0.15) is 0 Å². The summed E-state index contributed by atoms with van der Waals surface area (Å²) < 4.78 is 5.12. The lowest BCUT2D eigenvalue weighted by atomic mass is 9.86. The van der Waals surface area contributed by atoms with Crippen molar-refractivity contribution in [3.05, 3.63) is 71.3 Å². The standard InChI is InChI=1S/C22H27NO3/c1-5-26-21(25)19(15-16-9-7-6-8-10-16)23-20(24)17-11-13-18(14-12-17)22(2,3)4/h6-14,19H,5,15H2,1-4H3,(H,23,24). The molecule has 2 rings (SSSR count). The Bertz CT molecular complexity index is 730. The Kier molecular flexibility index (Phi) is 6.56. The molecule has 0 heterocycles. The van der Waals surface area contributed by atoms with Gasteiger partial charge in [-0.05, 0) is 35.6 Å². The van der Waals surface area contributed by atoms with Gasteiger partial charge in [-0.1, -0.05) is 63.2 Å². The molecule has 1 N–H and O–H groups in total. The number of benzene rings is 2. The molecule has 0 aromatic heterocycles. The largest absolute Gasteiger partial charge is 0.464 e. The predicted octanol–water partition coefficient (Wildman–Crippen LogP) is 3.89. The summed E-state index contributed by atoms with van der Waals surface area (Å²) in [6.45, 7) is 8.40. The normalized spacial score (nSPS) is 12.3. The first-order chi connectivity index (χ1) is 12.3. The van der Waals surface area contributed by atoms with E-state index >= 15 is 0 Å². The summed E-state index contributed by atoms with van der Waals surface area (Å²) in [5.41, 5.74) is 2.67. The van der Waals surface area contributed by atoms with E-state index in [9.17, 15) is 9.59 Å². The molecule has 0 aliphatic rings. The monoisotopic (exact) mass is 353 g/mol. The van der Waals surface area contributed by atoms with Gasteiger partial charge < -0.3 is 10.1 Å². The maximum atomic E-state index is 12.6. The Labute approximate surface area is 155 Å². The highest BCUT2D eigenvalue weighted by atomic mass is 16.5. The van der Waals surface area contributed by atoms with E-state index in [0.717, 1.165) is 11.1 Å². The highest BCUT2D eigenvalue weighted by Gasteiger charge is 2.23. The summed E-state index contributed by atoms with van der Waals surface area (Å²) in [5, 5.41) is 2.81. The predicted molar refractivity (Wildman–Crippen MR) is 103 cm³/mol. The Morgan fingerprint density at radius 3 is 2.15 bits per heavy atom. The van der Waals surface area contributed by atoms with Gasteiger partial charge in [0.2, 0.25) is 0 Å². The molecule has 4 heteroatoms. The molecule has 2 aromatic carbocycles. The van der Waals surface area contributed by atoms with E-state index < -0.39 is 12.0 Å². The van der Waals surface area contributed by atoms with Crippen molar-refractivity contribution < 1.29 is 14.3 Å². The van der Waals surface area contributed by atoms with Gasteiger partial charge in [0.1, 0.15) is 6.04 Å². The highest BCUT2D eigenvalue weighted by Crippen LogP contribution is 2.22. The van der Waals surface area contributed by atoms with Gasteiger partial charge in [0.15, 0.2) is 0 Å². The summed E-state index contributed by atoms with van der Waals surface area (Å²) >= 11 is 0. The van der Waals surface area contributed by atoms with E-state index in [1.165, 1.54) is 0 Å². The van der Waals surface area contributed by atoms with Gasteiger partial charge in [0, 0.05) is 12.0 Å². The number of carbonyl (C=O) groups is 2. The first-order valence-corrected chi connectivity index (χ1v) is 8.93. The van der Waals surface area contributed by atoms with E-state index in [1.54, 1.807) is 19.1 Å². The van der Waals surface area contributed by atoms with E-state index in [-0.39, 0.29) is 17.9 Å². The lowest BCUT2D eigenvalue weighted by Crippen LogP contribution is -2.43. The second-order valence-corrected chi connectivity index (χ2v) is 7.30. The van der Waals surface area contributed by atoms with Crippen LogP contribution >= 0.6 is 0 Å². The highest BCUT2D eigenvalue weighted by molar-refractivity contribution is 5.96. The number of nitrogens with one attached hydrogen (secondary N) is 1. The average Bonchev–Trinajstić information content (AvgIpc) is 2.61. The fourth-order valence-corrected chi connectivity index (χ4v) is 2.65. The van der Waals surface area contributed by atoms with Crippen molar-refractivity contribution in [2.24, 2.45) is 0 Å². The SMILES string of the molecule is CCOC(=O)C(Cc1ccccc1)NC(=O)c1ccc(C(C)(C)C)cc1. The third kappa shape index (κ3) is 5.45. The Morgan fingerprint density at radius 1 is 1.00 bits per heavy atom. The summed E-state index contributed by atoms with van der Waals surface area (Å²) in [7, 11) is 0. The molecule has 4 nitrogen and oxygen atoms in total. The van der Waals surface area contributed by atoms with Crippen molar-refractivity contribution in [1.82, 2.24) is 5.32 Å². The maximum Gasteiger partial charge on any atom is 0.328 e. The van der Waals surface area contributed by atoms with Gasteiger partial charge in [0.05, 0.1) is 6.61 Å². The van der Waals surface area contributed by atoms with Crippen molar-refractivity contribution in [1.29, 1.82) is 0 Å². The minimum absolute atomic E-state index is 0.0236. The topological polar surface area (TPSA) is 55.4 Å². The molecule has 1 unspecified atom stereocenters. The summed E-state index contributed by atoms with van der Waals surface area (Å²) in [4.78, 5) is 24.9. The third-order valence-corrected chi connectivity index (χ3v) is 4.17. The average molecular weight is 353 g/mol. The number of rotatable bonds is 6. The Hall–Kier alpha value is -2.62. The summed E-state index contributed by atoms with van der Waals surface area (Å²) in [6.07, 6.45) is 0.394. The molecule has 0 radical (unpaired) electrons. The maximum absolute atomic E-state index is 12.6. The quantitative estimate of drug-likeness (QED) is 0.802. The number of hydrogen-bond acceptors (Lipinski definition) is 3. The molecule has 138 valence electrons. The molecule has 0 saturated carbocycles.